The third-order valence-corrected chi connectivity index (χ3v) is 22.2. The number of aromatic nitrogens is 5. The van der Waals surface area contributed by atoms with Crippen LogP contribution < -0.4 is 29.2 Å². The minimum Gasteiger partial charge on any atom is -0.489 e. The molecule has 5 fully saturated rings. The van der Waals surface area contributed by atoms with Crippen LogP contribution in [0.15, 0.2) is 188 Å². The minimum absolute atomic E-state index is 0.0308. The van der Waals surface area contributed by atoms with Crippen LogP contribution in [0.2, 0.25) is 0 Å². The number of aromatic amines is 2. The van der Waals surface area contributed by atoms with Crippen molar-refractivity contribution in [3.05, 3.63) is 256 Å². The van der Waals surface area contributed by atoms with Gasteiger partial charge in [0, 0.05) is 129 Å². The van der Waals surface area contributed by atoms with Crippen LogP contribution in [0, 0.1) is 68.5 Å². The second kappa shape index (κ2) is 38.7. The number of rotatable bonds is 16. The summed E-state index contributed by atoms with van der Waals surface area (Å²) in [4.78, 5) is 33.5. The van der Waals surface area contributed by atoms with E-state index in [1.807, 2.05) is 152 Å². The SMILES string of the molecule is CC(=O)Nc1ccc(C2=Cc3c(-c4ccc(OC5CCOCC5)c(C#N)c4)ccnc3C2)cn1.N#Cc1cc(-c2cccc3[nH]c(C#CCO)cc23)ccc1OC1CCOCC1.N#Cc1cc(-c2ccnc3c2C=C(c2ccc(N4CCOCC4)cc2)C3)ccc1OC1COC1.N#Cc1cc2c(-c3ccc(OC4CCOCC4)c(C#N)c3)cccc2[nH]1. The largest absolute Gasteiger partial charge is 0.489 e. The Morgan fingerprint density at radius 1 is 0.459 bits per heavy atom. The zero-order valence-corrected chi connectivity index (χ0v) is 67.3. The average molecular weight is 1620 g/mol. The highest BCUT2D eigenvalue weighted by molar-refractivity contribution is 5.99. The Morgan fingerprint density at radius 3 is 1.30 bits per heavy atom. The maximum Gasteiger partial charge on any atom is 0.222 e. The zero-order valence-electron chi connectivity index (χ0n) is 67.3. The van der Waals surface area contributed by atoms with E-state index in [9.17, 15) is 25.8 Å². The molecule has 608 valence electrons. The number of ether oxygens (including phenoxy) is 9. The summed E-state index contributed by atoms with van der Waals surface area (Å²) < 4.78 is 50.9. The molecular weight excluding hydrogens is 1530 g/mol. The normalized spacial score (nSPS) is 15.5. The van der Waals surface area contributed by atoms with Crippen molar-refractivity contribution in [3.8, 4) is 110 Å². The van der Waals surface area contributed by atoms with E-state index in [0.29, 0.717) is 116 Å². The minimum atomic E-state index is -0.178. The number of aliphatic hydroxyl groups excluding tert-OH is 1. The van der Waals surface area contributed by atoms with Gasteiger partial charge < -0.3 is 67.9 Å². The summed E-state index contributed by atoms with van der Waals surface area (Å²) in [6.45, 7) is 10.0. The van der Waals surface area contributed by atoms with Crippen LogP contribution in [0.3, 0.4) is 0 Å². The van der Waals surface area contributed by atoms with E-state index in [2.05, 4.69) is 114 Å². The number of pyridine rings is 3. The van der Waals surface area contributed by atoms with Gasteiger partial charge in [0.15, 0.2) is 0 Å². The maximum absolute atomic E-state index is 11.2. The van der Waals surface area contributed by atoms with Gasteiger partial charge >= 0.3 is 0 Å². The van der Waals surface area contributed by atoms with Gasteiger partial charge in [0.1, 0.15) is 95.9 Å². The van der Waals surface area contributed by atoms with E-state index in [1.54, 1.807) is 12.3 Å². The first-order chi connectivity index (χ1) is 59.9. The first kappa shape index (κ1) is 81.5. The third-order valence-electron chi connectivity index (χ3n) is 22.2. The molecule has 7 aliphatic rings. The number of hydrogen-bond acceptors (Lipinski definition) is 20. The van der Waals surface area contributed by atoms with Gasteiger partial charge in [0.25, 0.3) is 0 Å². The summed E-state index contributed by atoms with van der Waals surface area (Å²) in [5, 5.41) is 61.4. The Hall–Kier alpha value is -14.2. The monoisotopic (exact) mass is 1620 g/mol. The summed E-state index contributed by atoms with van der Waals surface area (Å²) in [7, 11) is 0. The fourth-order valence-corrected chi connectivity index (χ4v) is 15.9. The standard InChI is InChI=1S/C28H25N3O3.C27H24N4O3.C23H20N2O3.C21H17N3O2/c29-16-22-13-20(3-6-28(22)34-24-17-33-18-24)25-7-8-30-27-15-21(14-26(25)27)19-1-4-23(5-2-19)31-9-11-32-12-10-31;1-17(32)31-27-5-3-19(16-30-27)20-13-24-23(6-9-29-25(24)14-20)18-2-4-26(21(12-18)15-28)34-22-7-10-33-11-8-22;24-15-17-13-16(6-7-23(17)28-19-8-11-27-12-9-19)20-4-1-5-22-21(20)14-18(25-22)3-2-10-26;22-12-15-10-14(4-5-21(15)26-17-6-8-25-9-7-17)18-2-1-3-20-19(18)11-16(13-23)24-20/h1-8,13-14,24H,9-12,15,17-18H2;2-6,9,12-13,16,22H,7-8,10-11,14H2,1H3,(H,30,31,32);1,4-7,13-14,19,25-26H,8-12H2;1-5,10-11,17,24H,6-9H2. The van der Waals surface area contributed by atoms with Gasteiger partial charge in [-0.2, -0.15) is 26.3 Å². The molecule has 5 saturated heterocycles. The smallest absolute Gasteiger partial charge is 0.222 e. The molecule has 23 nitrogen and oxygen atoms in total. The van der Waals surface area contributed by atoms with Crippen molar-refractivity contribution in [1.82, 2.24) is 24.9 Å². The lowest BCUT2D eigenvalue weighted by Gasteiger charge is -2.29. The van der Waals surface area contributed by atoms with Crippen molar-refractivity contribution < 1.29 is 52.5 Å². The highest BCUT2D eigenvalue weighted by Gasteiger charge is 2.28. The predicted octanol–water partition coefficient (Wildman–Crippen LogP) is 16.7. The van der Waals surface area contributed by atoms with Gasteiger partial charge in [-0.25, -0.2) is 4.98 Å². The lowest BCUT2D eigenvalue weighted by molar-refractivity contribution is -0.114. The van der Waals surface area contributed by atoms with Crippen molar-refractivity contribution in [2.45, 2.75) is 82.7 Å². The number of nitrogens with one attached hydrogen (secondary N) is 3. The Bertz CT molecular complexity index is 6220. The summed E-state index contributed by atoms with van der Waals surface area (Å²) >= 11 is 0. The van der Waals surface area contributed by atoms with E-state index in [-0.39, 0.29) is 36.9 Å². The van der Waals surface area contributed by atoms with Gasteiger partial charge in [-0.3, -0.25) is 14.8 Å². The number of benzene rings is 7. The second-order valence-electron chi connectivity index (χ2n) is 30.2. The second-order valence-corrected chi connectivity index (χ2v) is 30.2. The summed E-state index contributed by atoms with van der Waals surface area (Å²) in [5.74, 6) is 8.39. The molecule has 23 heteroatoms. The van der Waals surface area contributed by atoms with Crippen LogP contribution in [-0.4, -0.2) is 146 Å². The van der Waals surface area contributed by atoms with Gasteiger partial charge in [0.2, 0.25) is 5.91 Å². The number of nitrogens with zero attached hydrogens (tertiary/aromatic N) is 9. The molecule has 4 N–H and O–H groups in total. The number of allylic oxidation sites excluding steroid dienone is 2. The molecule has 10 heterocycles. The molecule has 1 amide bonds. The van der Waals surface area contributed by atoms with Crippen LogP contribution in [0.5, 0.6) is 23.0 Å². The topological polar surface area (TPSA) is 325 Å². The number of morpholine rings is 1. The van der Waals surface area contributed by atoms with Gasteiger partial charge in [0.05, 0.1) is 105 Å². The van der Waals surface area contributed by atoms with Gasteiger partial charge in [-0.05, 0) is 194 Å². The van der Waals surface area contributed by atoms with Crippen LogP contribution in [0.4, 0.5) is 11.5 Å². The summed E-state index contributed by atoms with van der Waals surface area (Å²) in [5.41, 5.74) is 23.2. The first-order valence-electron chi connectivity index (χ1n) is 40.9. The lowest BCUT2D eigenvalue weighted by Crippen LogP contribution is -2.38. The van der Waals surface area contributed by atoms with E-state index in [1.165, 1.54) is 23.7 Å². The Morgan fingerprint density at radius 2 is 0.877 bits per heavy atom. The highest BCUT2D eigenvalue weighted by Crippen LogP contribution is 2.42. The fourth-order valence-electron chi connectivity index (χ4n) is 15.9. The van der Waals surface area contributed by atoms with Crippen LogP contribution in [-0.2, 0) is 41.3 Å². The van der Waals surface area contributed by atoms with E-state index in [4.69, 9.17) is 53.0 Å². The Labute approximate surface area is 706 Å². The molecule has 0 spiro atoms. The Kier molecular flexibility index (Phi) is 25.8. The number of carbonyl (C=O) groups is 1. The number of anilines is 2. The molecule has 12 aromatic rings. The number of amides is 1. The molecule has 0 saturated carbocycles. The molecule has 122 heavy (non-hydrogen) atoms. The molecule has 19 rings (SSSR count). The first-order valence-corrected chi connectivity index (χ1v) is 40.9. The van der Waals surface area contributed by atoms with Crippen LogP contribution in [0.1, 0.15) is 113 Å². The molecule has 0 bridgehead atoms. The molecular formula is C99H86N12O11. The Balaban J connectivity index is 0.000000121. The third kappa shape index (κ3) is 19.2. The van der Waals surface area contributed by atoms with Crippen molar-refractivity contribution in [2.75, 3.05) is 96.0 Å². The maximum atomic E-state index is 11.2. The van der Waals surface area contributed by atoms with Crippen molar-refractivity contribution in [2.24, 2.45) is 0 Å². The number of fused-ring (bicyclic) bond motifs is 4. The molecule has 0 unspecified atom stereocenters. The predicted molar refractivity (Wildman–Crippen MR) is 464 cm³/mol. The molecule has 7 aromatic carbocycles. The molecule has 5 aliphatic heterocycles. The van der Waals surface area contributed by atoms with Gasteiger partial charge in [-0.1, -0.05) is 66.6 Å². The quantitative estimate of drug-likeness (QED) is 0.0653. The van der Waals surface area contributed by atoms with Crippen molar-refractivity contribution in [3.63, 3.8) is 0 Å². The summed E-state index contributed by atoms with van der Waals surface area (Å²) in [6.07, 6.45) is 16.6. The van der Waals surface area contributed by atoms with Crippen molar-refractivity contribution >= 4 is 62.5 Å². The fraction of sp³-hybridized carbons (Fsp3) is 0.263. The van der Waals surface area contributed by atoms with E-state index in [0.717, 1.165) is 177 Å². The zero-order chi connectivity index (χ0) is 83.7. The number of carbonyl (C=O) groups excluding carboxylic acids is 1. The molecule has 0 atom stereocenters. The van der Waals surface area contributed by atoms with Crippen LogP contribution in [0.25, 0.3) is 89.6 Å². The van der Waals surface area contributed by atoms with Gasteiger partial charge in [-0.15, -0.1) is 0 Å². The molecule has 0 radical (unpaired) electrons. The summed E-state index contributed by atoms with van der Waals surface area (Å²) in [6, 6.07) is 66.4. The van der Waals surface area contributed by atoms with E-state index >= 15 is 0 Å². The molecule has 2 aliphatic carbocycles. The van der Waals surface area contributed by atoms with E-state index < -0.39 is 0 Å². The number of H-pyrrole nitrogens is 2. The van der Waals surface area contributed by atoms with Crippen molar-refractivity contribution in [1.29, 1.82) is 26.3 Å². The number of nitriles is 5. The number of aliphatic hydroxyl groups is 1. The number of hydrogen-bond donors (Lipinski definition) is 4. The highest BCUT2D eigenvalue weighted by atomic mass is 16.6. The lowest BCUT2D eigenvalue weighted by atomic mass is 9.98. The average Bonchev–Trinajstić information content (AvgIpc) is 1.62. The molecule has 5 aromatic heterocycles. The van der Waals surface area contributed by atoms with Crippen LogP contribution >= 0.6 is 0 Å².